The van der Waals surface area contributed by atoms with E-state index in [9.17, 15) is 13.2 Å². The van der Waals surface area contributed by atoms with Gasteiger partial charge in [0, 0.05) is 22.2 Å². The van der Waals surface area contributed by atoms with Crippen molar-refractivity contribution in [1.82, 2.24) is 14.6 Å². The number of hydrogen-bond donors (Lipinski definition) is 0. The van der Waals surface area contributed by atoms with Crippen LogP contribution < -0.4 is 0 Å². The van der Waals surface area contributed by atoms with E-state index in [-0.39, 0.29) is 11.3 Å². The van der Waals surface area contributed by atoms with Crippen molar-refractivity contribution >= 4 is 17.2 Å². The molecule has 4 aromatic rings. The third-order valence-electron chi connectivity index (χ3n) is 3.93. The average molecular weight is 374 g/mol. The normalized spacial score (nSPS) is 11.8. The molecule has 0 saturated carbocycles. The van der Waals surface area contributed by atoms with Gasteiger partial charge in [-0.1, -0.05) is 54.1 Å². The van der Waals surface area contributed by atoms with Crippen molar-refractivity contribution in [3.8, 4) is 22.5 Å². The van der Waals surface area contributed by atoms with Crippen LogP contribution in [0.1, 0.15) is 5.69 Å². The van der Waals surface area contributed by atoms with Crippen LogP contribution >= 0.6 is 11.6 Å². The minimum Gasteiger partial charge on any atom is -0.228 e. The minimum atomic E-state index is -4.57. The standard InChI is InChI=1S/C19H11ClF3N3/c20-14-8-6-13(7-9-14)15-10-17(19(21,22)23)26-18(24-15)11-16(25-26)12-4-2-1-3-5-12/h1-11H. The molecule has 0 N–H and O–H groups in total. The Morgan fingerprint density at radius 3 is 2.12 bits per heavy atom. The molecule has 26 heavy (non-hydrogen) atoms. The molecule has 0 saturated heterocycles. The lowest BCUT2D eigenvalue weighted by Gasteiger charge is -2.11. The largest absolute Gasteiger partial charge is 0.433 e. The van der Waals surface area contributed by atoms with E-state index < -0.39 is 11.9 Å². The van der Waals surface area contributed by atoms with Gasteiger partial charge in [-0.3, -0.25) is 0 Å². The maximum Gasteiger partial charge on any atom is 0.433 e. The maximum atomic E-state index is 13.6. The van der Waals surface area contributed by atoms with E-state index in [1.807, 2.05) is 6.07 Å². The molecular formula is C19H11ClF3N3. The van der Waals surface area contributed by atoms with Crippen LogP contribution in [0.25, 0.3) is 28.2 Å². The topological polar surface area (TPSA) is 30.2 Å². The molecule has 0 fully saturated rings. The Bertz CT molecular complexity index is 1070. The predicted molar refractivity (Wildman–Crippen MR) is 93.9 cm³/mol. The van der Waals surface area contributed by atoms with Crippen molar-refractivity contribution in [2.24, 2.45) is 0 Å². The summed E-state index contributed by atoms with van der Waals surface area (Å²) in [6, 6.07) is 18.0. The zero-order valence-electron chi connectivity index (χ0n) is 13.2. The van der Waals surface area contributed by atoms with Crippen molar-refractivity contribution in [1.29, 1.82) is 0 Å². The van der Waals surface area contributed by atoms with Crippen molar-refractivity contribution in [2.75, 3.05) is 0 Å². The number of rotatable bonds is 2. The summed E-state index contributed by atoms with van der Waals surface area (Å²) in [4.78, 5) is 4.35. The van der Waals surface area contributed by atoms with Gasteiger partial charge in [-0.2, -0.15) is 18.3 Å². The first-order valence-electron chi connectivity index (χ1n) is 7.71. The van der Waals surface area contributed by atoms with E-state index in [0.29, 0.717) is 16.3 Å². The summed E-state index contributed by atoms with van der Waals surface area (Å²) >= 11 is 5.85. The van der Waals surface area contributed by atoms with Crippen LogP contribution in [0, 0.1) is 0 Å². The van der Waals surface area contributed by atoms with Gasteiger partial charge in [-0.05, 0) is 18.2 Å². The van der Waals surface area contributed by atoms with Crippen LogP contribution in [0.5, 0.6) is 0 Å². The highest BCUT2D eigenvalue weighted by Gasteiger charge is 2.35. The third-order valence-corrected chi connectivity index (χ3v) is 4.18. The molecular weight excluding hydrogens is 363 g/mol. The van der Waals surface area contributed by atoms with Gasteiger partial charge in [-0.15, -0.1) is 0 Å². The van der Waals surface area contributed by atoms with E-state index in [2.05, 4.69) is 10.1 Å². The van der Waals surface area contributed by atoms with Crippen molar-refractivity contribution < 1.29 is 13.2 Å². The molecule has 0 radical (unpaired) electrons. The lowest BCUT2D eigenvalue weighted by Crippen LogP contribution is -2.13. The Balaban J connectivity index is 1.95. The highest BCUT2D eigenvalue weighted by atomic mass is 35.5. The van der Waals surface area contributed by atoms with Crippen LogP contribution in [0.3, 0.4) is 0 Å². The number of halogens is 4. The zero-order chi connectivity index (χ0) is 18.3. The monoisotopic (exact) mass is 373 g/mol. The maximum absolute atomic E-state index is 13.6. The predicted octanol–water partition coefficient (Wildman–Crippen LogP) is 5.74. The SMILES string of the molecule is FC(F)(F)c1cc(-c2ccc(Cl)cc2)nc2cc(-c3ccccc3)nn12. The molecule has 0 unspecified atom stereocenters. The van der Waals surface area contributed by atoms with E-state index in [1.165, 1.54) is 0 Å². The van der Waals surface area contributed by atoms with Gasteiger partial charge < -0.3 is 0 Å². The molecule has 0 bridgehead atoms. The molecule has 0 aliphatic rings. The van der Waals surface area contributed by atoms with Gasteiger partial charge in [0.25, 0.3) is 0 Å². The van der Waals surface area contributed by atoms with Crippen LogP contribution in [0.15, 0.2) is 66.7 Å². The van der Waals surface area contributed by atoms with Crippen molar-refractivity contribution in [3.05, 3.63) is 77.4 Å². The van der Waals surface area contributed by atoms with E-state index in [4.69, 9.17) is 11.6 Å². The fourth-order valence-corrected chi connectivity index (χ4v) is 2.82. The Labute approximate surface area is 151 Å². The highest BCUT2D eigenvalue weighted by Crippen LogP contribution is 2.33. The summed E-state index contributed by atoms with van der Waals surface area (Å²) in [6.07, 6.45) is -4.57. The van der Waals surface area contributed by atoms with Crippen LogP contribution in [-0.4, -0.2) is 14.6 Å². The molecule has 2 aromatic heterocycles. The lowest BCUT2D eigenvalue weighted by molar-refractivity contribution is -0.142. The molecule has 7 heteroatoms. The highest BCUT2D eigenvalue weighted by molar-refractivity contribution is 6.30. The number of fused-ring (bicyclic) bond motifs is 1. The number of aromatic nitrogens is 3. The first kappa shape index (κ1) is 16.6. The average Bonchev–Trinajstić information content (AvgIpc) is 3.05. The van der Waals surface area contributed by atoms with E-state index in [0.717, 1.165) is 16.1 Å². The molecule has 2 aromatic carbocycles. The van der Waals surface area contributed by atoms with Crippen LogP contribution in [0.2, 0.25) is 5.02 Å². The summed E-state index contributed by atoms with van der Waals surface area (Å²) in [5, 5.41) is 4.61. The Hall–Kier alpha value is -2.86. The van der Waals surface area contributed by atoms with E-state index in [1.54, 1.807) is 54.6 Å². The Morgan fingerprint density at radius 1 is 0.808 bits per heavy atom. The molecule has 130 valence electrons. The van der Waals surface area contributed by atoms with Gasteiger partial charge in [0.05, 0.1) is 11.4 Å². The van der Waals surface area contributed by atoms with Crippen molar-refractivity contribution in [3.63, 3.8) is 0 Å². The molecule has 0 aliphatic carbocycles. The summed E-state index contributed by atoms with van der Waals surface area (Å²) in [6.45, 7) is 0. The molecule has 3 nitrogen and oxygen atoms in total. The lowest BCUT2D eigenvalue weighted by atomic mass is 10.1. The first-order valence-corrected chi connectivity index (χ1v) is 8.09. The second-order valence-corrected chi connectivity index (χ2v) is 6.13. The van der Waals surface area contributed by atoms with Crippen molar-refractivity contribution in [2.45, 2.75) is 6.18 Å². The van der Waals surface area contributed by atoms with Gasteiger partial charge >= 0.3 is 6.18 Å². The quantitative estimate of drug-likeness (QED) is 0.449. The van der Waals surface area contributed by atoms with Crippen LogP contribution in [0.4, 0.5) is 13.2 Å². The molecule has 0 spiro atoms. The number of nitrogens with zero attached hydrogens (tertiary/aromatic N) is 3. The van der Waals surface area contributed by atoms with Gasteiger partial charge in [0.2, 0.25) is 0 Å². The molecule has 4 rings (SSSR count). The number of hydrogen-bond acceptors (Lipinski definition) is 2. The first-order chi connectivity index (χ1) is 12.4. The minimum absolute atomic E-state index is 0.128. The summed E-state index contributed by atoms with van der Waals surface area (Å²) in [5.74, 6) is 0. The van der Waals surface area contributed by atoms with E-state index >= 15 is 0 Å². The molecule has 0 amide bonds. The molecule has 0 aliphatic heterocycles. The summed E-state index contributed by atoms with van der Waals surface area (Å²) in [5.41, 5.74) is 1.15. The summed E-state index contributed by atoms with van der Waals surface area (Å²) in [7, 11) is 0. The van der Waals surface area contributed by atoms with Crippen LogP contribution in [-0.2, 0) is 6.18 Å². The fourth-order valence-electron chi connectivity index (χ4n) is 2.69. The van der Waals surface area contributed by atoms with Gasteiger partial charge in [0.15, 0.2) is 11.3 Å². The van der Waals surface area contributed by atoms with Gasteiger partial charge in [-0.25, -0.2) is 9.50 Å². The smallest absolute Gasteiger partial charge is 0.228 e. The Kier molecular flexibility index (Phi) is 3.92. The Morgan fingerprint density at radius 2 is 1.46 bits per heavy atom. The second kappa shape index (κ2) is 6.14. The number of alkyl halides is 3. The molecule has 0 atom stereocenters. The second-order valence-electron chi connectivity index (χ2n) is 5.70. The summed E-state index contributed by atoms with van der Waals surface area (Å²) < 4.78 is 41.6. The zero-order valence-corrected chi connectivity index (χ0v) is 14.0. The fraction of sp³-hybridized carbons (Fsp3) is 0.0526. The third kappa shape index (κ3) is 3.04. The number of benzene rings is 2. The van der Waals surface area contributed by atoms with Gasteiger partial charge in [0.1, 0.15) is 0 Å². The molecule has 2 heterocycles.